The van der Waals surface area contributed by atoms with E-state index in [9.17, 15) is 14.4 Å². The van der Waals surface area contributed by atoms with Crippen molar-refractivity contribution in [2.75, 3.05) is 40.3 Å². The number of esters is 1. The molecule has 0 bridgehead atoms. The van der Waals surface area contributed by atoms with Gasteiger partial charge < -0.3 is 24.6 Å². The summed E-state index contributed by atoms with van der Waals surface area (Å²) in [4.78, 5) is 39.0. The summed E-state index contributed by atoms with van der Waals surface area (Å²) in [5.41, 5.74) is -0.629. The van der Waals surface area contributed by atoms with Crippen LogP contribution in [-0.4, -0.2) is 79.7 Å². The highest BCUT2D eigenvalue weighted by Gasteiger charge is 2.35. The number of carbonyl (C=O) groups excluding carboxylic acids is 3. The van der Waals surface area contributed by atoms with Crippen molar-refractivity contribution in [3.63, 3.8) is 0 Å². The van der Waals surface area contributed by atoms with E-state index in [1.54, 1.807) is 20.8 Å². The largest absolute Gasteiger partial charge is 0.467 e. The number of amides is 2. The lowest BCUT2D eigenvalue weighted by Crippen LogP contribution is -2.59. The van der Waals surface area contributed by atoms with E-state index in [-0.39, 0.29) is 12.5 Å². The van der Waals surface area contributed by atoms with Gasteiger partial charge in [-0.1, -0.05) is 0 Å². The van der Waals surface area contributed by atoms with Crippen molar-refractivity contribution in [3.8, 4) is 0 Å². The minimum atomic E-state index is -0.662. The molecule has 1 atom stereocenters. The van der Waals surface area contributed by atoms with Gasteiger partial charge in [-0.2, -0.15) is 0 Å². The Bertz CT molecular complexity index is 433. The van der Waals surface area contributed by atoms with Gasteiger partial charge in [0.1, 0.15) is 18.2 Å². The number of rotatable bonds is 3. The summed E-state index contributed by atoms with van der Waals surface area (Å²) in [5.74, 6) is -0.800. The normalized spacial score (nSPS) is 19.5. The van der Waals surface area contributed by atoms with Crippen LogP contribution in [0.5, 0.6) is 0 Å². The van der Waals surface area contributed by atoms with Crippen molar-refractivity contribution >= 4 is 18.0 Å². The van der Waals surface area contributed by atoms with Gasteiger partial charge in [0, 0.05) is 19.6 Å². The van der Waals surface area contributed by atoms with E-state index < -0.39 is 23.7 Å². The van der Waals surface area contributed by atoms with Crippen LogP contribution in [0.4, 0.5) is 4.79 Å². The third-order valence-corrected chi connectivity index (χ3v) is 3.16. The molecule has 0 aromatic heterocycles. The number of hydrogen-bond donors (Lipinski definition) is 1. The number of alkyl carbamates (subject to hydrolysis) is 1. The van der Waals surface area contributed by atoms with E-state index in [4.69, 9.17) is 9.47 Å². The number of carbonyl (C=O) groups is 3. The zero-order valence-corrected chi connectivity index (χ0v) is 13.8. The molecule has 0 aliphatic carbocycles. The fourth-order valence-corrected chi connectivity index (χ4v) is 2.12. The van der Waals surface area contributed by atoms with E-state index in [1.807, 2.05) is 11.9 Å². The van der Waals surface area contributed by atoms with Crippen molar-refractivity contribution in [2.24, 2.45) is 0 Å². The second-order valence-electron chi connectivity index (χ2n) is 6.24. The number of nitrogens with one attached hydrogen (secondary N) is 1. The van der Waals surface area contributed by atoms with E-state index >= 15 is 0 Å². The van der Waals surface area contributed by atoms with Gasteiger partial charge in [0.25, 0.3) is 0 Å². The maximum absolute atomic E-state index is 12.2. The standard InChI is InChI=1S/C14H25N3O5/c1-14(2,3)22-13(20)15-8-11(18)17-7-6-16(4)9-10(17)12(19)21-5/h10H,6-9H2,1-5H3,(H,15,20)/t10-/m0/s1. The number of nitrogens with zero attached hydrogens (tertiary/aromatic N) is 2. The first-order chi connectivity index (χ1) is 10.1. The Morgan fingerprint density at radius 2 is 1.86 bits per heavy atom. The summed E-state index contributed by atoms with van der Waals surface area (Å²) >= 11 is 0. The molecule has 2 amide bonds. The van der Waals surface area contributed by atoms with Gasteiger partial charge >= 0.3 is 12.1 Å². The summed E-state index contributed by atoms with van der Waals surface area (Å²) in [5, 5.41) is 2.41. The third kappa shape index (κ3) is 5.51. The Morgan fingerprint density at radius 3 is 2.41 bits per heavy atom. The fraction of sp³-hybridized carbons (Fsp3) is 0.786. The van der Waals surface area contributed by atoms with Gasteiger partial charge in [-0.3, -0.25) is 4.79 Å². The summed E-state index contributed by atoms with van der Waals surface area (Å²) in [6.45, 7) is 6.47. The molecule has 1 fully saturated rings. The smallest absolute Gasteiger partial charge is 0.408 e. The van der Waals surface area contributed by atoms with E-state index in [0.717, 1.165) is 0 Å². The number of methoxy groups -OCH3 is 1. The molecule has 126 valence electrons. The van der Waals surface area contributed by atoms with E-state index in [2.05, 4.69) is 5.32 Å². The predicted octanol–water partition coefficient (Wildman–Crippen LogP) is -0.173. The molecule has 1 aliphatic rings. The Morgan fingerprint density at radius 1 is 1.23 bits per heavy atom. The first-order valence-electron chi connectivity index (χ1n) is 7.16. The summed E-state index contributed by atoms with van der Waals surface area (Å²) < 4.78 is 9.81. The van der Waals surface area contributed by atoms with Gasteiger partial charge in [-0.05, 0) is 27.8 Å². The predicted molar refractivity (Wildman–Crippen MR) is 79.3 cm³/mol. The highest BCUT2D eigenvalue weighted by atomic mass is 16.6. The van der Waals surface area contributed by atoms with Crippen LogP contribution in [0.1, 0.15) is 20.8 Å². The average Bonchev–Trinajstić information content (AvgIpc) is 2.42. The zero-order chi connectivity index (χ0) is 16.9. The second kappa shape index (κ2) is 7.44. The second-order valence-corrected chi connectivity index (χ2v) is 6.24. The molecule has 1 saturated heterocycles. The lowest BCUT2D eigenvalue weighted by molar-refractivity contribution is -0.155. The van der Waals surface area contributed by atoms with Crippen molar-refractivity contribution in [2.45, 2.75) is 32.4 Å². The average molecular weight is 315 g/mol. The highest BCUT2D eigenvalue weighted by Crippen LogP contribution is 2.11. The quantitative estimate of drug-likeness (QED) is 0.727. The van der Waals surface area contributed by atoms with Crippen LogP contribution < -0.4 is 5.32 Å². The first-order valence-corrected chi connectivity index (χ1v) is 7.16. The van der Waals surface area contributed by atoms with Crippen LogP contribution >= 0.6 is 0 Å². The molecule has 0 radical (unpaired) electrons. The van der Waals surface area contributed by atoms with E-state index in [0.29, 0.717) is 19.6 Å². The molecule has 1 aliphatic heterocycles. The molecule has 0 spiro atoms. The molecule has 22 heavy (non-hydrogen) atoms. The minimum absolute atomic E-state index is 0.216. The van der Waals surface area contributed by atoms with Crippen molar-refractivity contribution in [1.29, 1.82) is 0 Å². The Labute approximate surface area is 130 Å². The van der Waals surface area contributed by atoms with Crippen LogP contribution in [0, 0.1) is 0 Å². The number of hydrogen-bond acceptors (Lipinski definition) is 6. The zero-order valence-electron chi connectivity index (χ0n) is 13.8. The van der Waals surface area contributed by atoms with Gasteiger partial charge in [-0.15, -0.1) is 0 Å². The first kappa shape index (κ1) is 18.2. The van der Waals surface area contributed by atoms with Gasteiger partial charge in [0.2, 0.25) is 5.91 Å². The molecule has 0 saturated carbocycles. The molecule has 1 rings (SSSR count). The molecule has 1 N–H and O–H groups in total. The molecule has 8 heteroatoms. The van der Waals surface area contributed by atoms with E-state index in [1.165, 1.54) is 12.0 Å². The van der Waals surface area contributed by atoms with Crippen LogP contribution in [0.3, 0.4) is 0 Å². The Hall–Kier alpha value is -1.83. The molecule has 0 unspecified atom stereocenters. The fourth-order valence-electron chi connectivity index (χ4n) is 2.12. The molecule has 8 nitrogen and oxygen atoms in total. The maximum Gasteiger partial charge on any atom is 0.408 e. The maximum atomic E-state index is 12.2. The lowest BCUT2D eigenvalue weighted by atomic mass is 10.1. The molecule has 1 heterocycles. The summed E-state index contributed by atoms with van der Waals surface area (Å²) in [6, 6.07) is -0.656. The third-order valence-electron chi connectivity index (χ3n) is 3.16. The van der Waals surface area contributed by atoms with Crippen LogP contribution in [0.15, 0.2) is 0 Å². The number of likely N-dealkylation sites (N-methyl/N-ethyl adjacent to an activating group) is 1. The number of ether oxygens (including phenoxy) is 2. The Balaban J connectivity index is 2.59. The van der Waals surface area contributed by atoms with Crippen LogP contribution in [-0.2, 0) is 19.1 Å². The molecule has 0 aromatic rings. The van der Waals surface area contributed by atoms with Gasteiger partial charge in [0.15, 0.2) is 0 Å². The highest BCUT2D eigenvalue weighted by molar-refractivity contribution is 5.87. The lowest BCUT2D eigenvalue weighted by Gasteiger charge is -2.38. The monoisotopic (exact) mass is 315 g/mol. The molecular formula is C14H25N3O5. The molecular weight excluding hydrogens is 290 g/mol. The van der Waals surface area contributed by atoms with Gasteiger partial charge in [-0.25, -0.2) is 9.59 Å². The van der Waals surface area contributed by atoms with Crippen molar-refractivity contribution in [3.05, 3.63) is 0 Å². The van der Waals surface area contributed by atoms with Crippen molar-refractivity contribution < 1.29 is 23.9 Å². The SMILES string of the molecule is COC(=O)[C@@H]1CN(C)CCN1C(=O)CNC(=O)OC(C)(C)C. The summed E-state index contributed by atoms with van der Waals surface area (Å²) in [7, 11) is 3.16. The molecule has 0 aromatic carbocycles. The Kier molecular flexibility index (Phi) is 6.16. The van der Waals surface area contributed by atoms with Crippen molar-refractivity contribution in [1.82, 2.24) is 15.1 Å². The summed E-state index contributed by atoms with van der Waals surface area (Å²) in [6.07, 6.45) is -0.662. The van der Waals surface area contributed by atoms with Crippen LogP contribution in [0.2, 0.25) is 0 Å². The van der Waals surface area contributed by atoms with Crippen LogP contribution in [0.25, 0.3) is 0 Å². The number of piperazine rings is 1. The minimum Gasteiger partial charge on any atom is -0.467 e. The van der Waals surface area contributed by atoms with Gasteiger partial charge in [0.05, 0.1) is 7.11 Å². The topological polar surface area (TPSA) is 88.2 Å².